The van der Waals surface area contributed by atoms with E-state index in [1.807, 2.05) is 12.1 Å². The normalized spacial score (nSPS) is 18.6. The van der Waals surface area contributed by atoms with Gasteiger partial charge in [-0.3, -0.25) is 0 Å². The van der Waals surface area contributed by atoms with Crippen LogP contribution in [0.2, 0.25) is 5.02 Å². The van der Waals surface area contributed by atoms with Gasteiger partial charge in [-0.15, -0.1) is 5.10 Å². The zero-order valence-corrected chi connectivity index (χ0v) is 19.9. The number of carbonyl (C=O) groups excluding carboxylic acids is 1. The third-order valence-corrected chi connectivity index (χ3v) is 6.04. The fraction of sp³-hybridized carbons (Fsp3) is 0.364. The average molecular weight is 487 g/mol. The predicted octanol–water partition coefficient (Wildman–Crippen LogP) is 3.72. The molecule has 1 saturated heterocycles. The predicted molar refractivity (Wildman–Crippen MR) is 128 cm³/mol. The second-order valence-corrected chi connectivity index (χ2v) is 8.96. The lowest BCUT2D eigenvalue weighted by molar-refractivity contribution is 0.170. The molecule has 12 heteroatoms. The number of carbonyl (C=O) groups is 1. The zero-order valence-electron chi connectivity index (χ0n) is 19.1. The third kappa shape index (κ3) is 3.90. The van der Waals surface area contributed by atoms with Crippen LogP contribution in [0.3, 0.4) is 0 Å². The summed E-state index contributed by atoms with van der Waals surface area (Å²) in [7, 11) is 1.28. The van der Waals surface area contributed by atoms with Crippen molar-refractivity contribution in [3.05, 3.63) is 41.1 Å². The Morgan fingerprint density at radius 3 is 2.68 bits per heavy atom. The Morgan fingerprint density at radius 1 is 1.24 bits per heavy atom. The molecule has 1 aromatic carbocycles. The molecular weight excluding hydrogens is 463 g/mol. The minimum Gasteiger partial charge on any atom is -0.451 e. The maximum atomic E-state index is 14.6. The van der Waals surface area contributed by atoms with Crippen molar-refractivity contribution in [1.29, 1.82) is 0 Å². The molecule has 4 aromatic rings. The van der Waals surface area contributed by atoms with Crippen molar-refractivity contribution >= 4 is 51.4 Å². The largest absolute Gasteiger partial charge is 0.451 e. The van der Waals surface area contributed by atoms with Gasteiger partial charge in [0, 0.05) is 36.9 Å². The van der Waals surface area contributed by atoms with Gasteiger partial charge in [0.05, 0.1) is 34.9 Å². The molecule has 0 radical (unpaired) electrons. The number of nitrogens with zero attached hydrogens (tertiary/aromatic N) is 6. The quantitative estimate of drug-likeness (QED) is 0.452. The van der Waals surface area contributed by atoms with Crippen LogP contribution >= 0.6 is 11.6 Å². The zero-order chi connectivity index (χ0) is 24.1. The Hall–Kier alpha value is -3.44. The van der Waals surface area contributed by atoms with E-state index in [1.165, 1.54) is 17.7 Å². The molecule has 4 heterocycles. The van der Waals surface area contributed by atoms with Crippen molar-refractivity contribution in [1.82, 2.24) is 29.7 Å². The number of aryl methyl sites for hydroxylation is 1. The van der Waals surface area contributed by atoms with Crippen molar-refractivity contribution in [2.45, 2.75) is 32.9 Å². The molecule has 10 nitrogen and oxygen atoms in total. The minimum absolute atomic E-state index is 0.121. The van der Waals surface area contributed by atoms with Crippen LogP contribution in [-0.4, -0.2) is 62.8 Å². The van der Waals surface area contributed by atoms with E-state index >= 15 is 0 Å². The summed E-state index contributed by atoms with van der Waals surface area (Å²) in [6, 6.07) is 5.61. The summed E-state index contributed by atoms with van der Waals surface area (Å²) in [5.41, 5.74) is 1.85. The second kappa shape index (κ2) is 8.41. The van der Waals surface area contributed by atoms with Gasteiger partial charge in [-0.2, -0.15) is 9.78 Å². The number of ether oxygens (including phenoxy) is 1. The van der Waals surface area contributed by atoms with Gasteiger partial charge >= 0.3 is 6.09 Å². The van der Waals surface area contributed by atoms with Crippen LogP contribution in [0.5, 0.6) is 0 Å². The number of hydrogen-bond donors (Lipinski definition) is 2. The van der Waals surface area contributed by atoms with Gasteiger partial charge in [-0.1, -0.05) is 11.6 Å². The standard InChI is InChI=1S/C22H24ClFN8O2/c1-11-8-30(9-12(2)25-11)15-6-16(23)19-18(7-15)32(22(33)34-4)29-20(19)27-14-5-17(24)21-26-13(3)28-31(21)10-14/h5-7,10-12,25H,8-9H2,1-4H3,(H,27,29)/t11-,12-/m0/s1. The molecule has 0 bridgehead atoms. The monoisotopic (exact) mass is 486 g/mol. The SMILES string of the molecule is COC(=O)n1nc(Nc2cc(F)c3nc(C)nn3c2)c2c(Cl)cc(N3C[C@H](C)N[C@@H](C)C3)cc21. The first-order chi connectivity index (χ1) is 16.2. The van der Waals surface area contributed by atoms with Gasteiger partial charge in [0.15, 0.2) is 17.3 Å². The summed E-state index contributed by atoms with van der Waals surface area (Å²) < 4.78 is 22.0. The number of fused-ring (bicyclic) bond motifs is 2. The molecule has 34 heavy (non-hydrogen) atoms. The van der Waals surface area contributed by atoms with Gasteiger partial charge in [-0.25, -0.2) is 18.7 Å². The number of piperazine rings is 1. The Morgan fingerprint density at radius 2 is 1.97 bits per heavy atom. The lowest BCUT2D eigenvalue weighted by Crippen LogP contribution is -2.54. The van der Waals surface area contributed by atoms with E-state index in [0.29, 0.717) is 39.5 Å². The molecule has 0 saturated carbocycles. The number of pyridine rings is 1. The molecule has 3 aromatic heterocycles. The molecule has 2 atom stereocenters. The number of anilines is 3. The van der Waals surface area contributed by atoms with Crippen LogP contribution in [0.25, 0.3) is 16.6 Å². The van der Waals surface area contributed by atoms with Gasteiger partial charge in [-0.05, 0) is 32.9 Å². The molecule has 5 rings (SSSR count). The fourth-order valence-electron chi connectivity index (χ4n) is 4.48. The minimum atomic E-state index is -0.665. The van der Waals surface area contributed by atoms with E-state index in [-0.39, 0.29) is 11.5 Å². The topological polar surface area (TPSA) is 102 Å². The van der Waals surface area contributed by atoms with Crippen LogP contribution < -0.4 is 15.5 Å². The highest BCUT2D eigenvalue weighted by Crippen LogP contribution is 2.36. The van der Waals surface area contributed by atoms with Gasteiger partial charge < -0.3 is 20.3 Å². The summed E-state index contributed by atoms with van der Waals surface area (Å²) >= 11 is 6.73. The van der Waals surface area contributed by atoms with Gasteiger partial charge in [0.2, 0.25) is 0 Å². The van der Waals surface area contributed by atoms with Crippen LogP contribution in [0.4, 0.5) is 26.4 Å². The Bertz CT molecular complexity index is 1410. The van der Waals surface area contributed by atoms with Crippen LogP contribution in [0, 0.1) is 12.7 Å². The van der Waals surface area contributed by atoms with Crippen molar-refractivity contribution in [3.8, 4) is 0 Å². The van der Waals surface area contributed by atoms with E-state index in [1.54, 1.807) is 13.1 Å². The lowest BCUT2D eigenvalue weighted by atomic mass is 10.1. The maximum absolute atomic E-state index is 14.6. The van der Waals surface area contributed by atoms with Crippen molar-refractivity contribution < 1.29 is 13.9 Å². The van der Waals surface area contributed by atoms with Gasteiger partial charge in [0.25, 0.3) is 0 Å². The first kappa shape index (κ1) is 22.4. The van der Waals surface area contributed by atoms with Crippen molar-refractivity contribution in [2.24, 2.45) is 0 Å². The molecule has 1 fully saturated rings. The first-order valence-electron chi connectivity index (χ1n) is 10.8. The molecule has 0 spiro atoms. The van der Waals surface area contributed by atoms with Crippen LogP contribution in [-0.2, 0) is 4.74 Å². The van der Waals surface area contributed by atoms with Crippen LogP contribution in [0.1, 0.15) is 19.7 Å². The Kier molecular flexibility index (Phi) is 5.53. The smallest absolute Gasteiger partial charge is 0.435 e. The number of methoxy groups -OCH3 is 1. The summed E-state index contributed by atoms with van der Waals surface area (Å²) in [5, 5.41) is 16.1. The number of benzene rings is 1. The number of aromatic nitrogens is 5. The maximum Gasteiger partial charge on any atom is 0.435 e. The molecule has 0 unspecified atom stereocenters. The highest BCUT2D eigenvalue weighted by Gasteiger charge is 2.25. The highest BCUT2D eigenvalue weighted by molar-refractivity contribution is 6.37. The number of nitrogens with one attached hydrogen (secondary N) is 2. The molecule has 0 amide bonds. The summed E-state index contributed by atoms with van der Waals surface area (Å²) in [5.74, 6) is 0.191. The number of rotatable bonds is 3. The molecular formula is C22H24ClFN8O2. The van der Waals surface area contributed by atoms with Crippen molar-refractivity contribution in [3.63, 3.8) is 0 Å². The Balaban J connectivity index is 1.61. The lowest BCUT2D eigenvalue weighted by Gasteiger charge is -2.37. The Labute approximate surface area is 199 Å². The molecule has 1 aliphatic rings. The average Bonchev–Trinajstić information content (AvgIpc) is 3.33. The van der Waals surface area contributed by atoms with E-state index in [2.05, 4.69) is 44.6 Å². The van der Waals surface area contributed by atoms with E-state index in [9.17, 15) is 9.18 Å². The fourth-order valence-corrected chi connectivity index (χ4v) is 4.77. The molecule has 178 valence electrons. The second-order valence-electron chi connectivity index (χ2n) is 8.55. The van der Waals surface area contributed by atoms with E-state index in [0.717, 1.165) is 23.5 Å². The first-order valence-corrected chi connectivity index (χ1v) is 11.2. The number of hydrogen-bond acceptors (Lipinski definition) is 8. The van der Waals surface area contributed by atoms with Crippen LogP contribution in [0.15, 0.2) is 24.4 Å². The van der Waals surface area contributed by atoms with E-state index in [4.69, 9.17) is 16.3 Å². The highest BCUT2D eigenvalue weighted by atomic mass is 35.5. The molecule has 0 aliphatic carbocycles. The van der Waals surface area contributed by atoms with E-state index < -0.39 is 11.9 Å². The summed E-state index contributed by atoms with van der Waals surface area (Å²) in [6.07, 6.45) is 0.926. The number of halogens is 2. The van der Waals surface area contributed by atoms with Crippen molar-refractivity contribution in [2.75, 3.05) is 30.4 Å². The van der Waals surface area contributed by atoms with Gasteiger partial charge in [0.1, 0.15) is 5.82 Å². The molecule has 2 N–H and O–H groups in total. The molecule has 1 aliphatic heterocycles. The third-order valence-electron chi connectivity index (χ3n) is 5.75. The summed E-state index contributed by atoms with van der Waals surface area (Å²) in [4.78, 5) is 18.8. The summed E-state index contributed by atoms with van der Waals surface area (Å²) in [6.45, 7) is 7.51.